The minimum atomic E-state index is -0.534. The Bertz CT molecular complexity index is 409. The van der Waals surface area contributed by atoms with Crippen LogP contribution in [0.15, 0.2) is 24.3 Å². The molecule has 0 spiro atoms. The lowest BCUT2D eigenvalue weighted by Gasteiger charge is -2.18. The van der Waals surface area contributed by atoms with E-state index in [1.54, 1.807) is 45.3 Å². The highest BCUT2D eigenvalue weighted by atomic mass is 16.5. The zero-order valence-electron chi connectivity index (χ0n) is 10.6. The van der Waals surface area contributed by atoms with Crippen LogP contribution in [0.3, 0.4) is 0 Å². The van der Waals surface area contributed by atoms with E-state index >= 15 is 0 Å². The molecular formula is C13H17NO3. The summed E-state index contributed by atoms with van der Waals surface area (Å²) in [5.41, 5.74) is 0.629. The second-order valence-electron chi connectivity index (χ2n) is 4.07. The summed E-state index contributed by atoms with van der Waals surface area (Å²) in [4.78, 5) is 24.1. The summed E-state index contributed by atoms with van der Waals surface area (Å²) in [7, 11) is 3.36. The van der Waals surface area contributed by atoms with Crippen LogP contribution in [0.2, 0.25) is 0 Å². The molecule has 0 fully saturated rings. The number of carbonyl (C=O) groups is 2. The van der Waals surface area contributed by atoms with Crippen molar-refractivity contribution in [3.05, 3.63) is 29.8 Å². The number of benzene rings is 1. The molecule has 0 aliphatic heterocycles. The van der Waals surface area contributed by atoms with Crippen molar-refractivity contribution in [3.8, 4) is 5.75 Å². The lowest BCUT2D eigenvalue weighted by Crippen LogP contribution is -2.35. The van der Waals surface area contributed by atoms with E-state index in [1.165, 1.54) is 11.8 Å². The molecule has 4 nitrogen and oxygen atoms in total. The third kappa shape index (κ3) is 3.59. The minimum Gasteiger partial charge on any atom is -0.481 e. The molecule has 1 amide bonds. The van der Waals surface area contributed by atoms with Crippen LogP contribution in [0.25, 0.3) is 0 Å². The number of ketones is 1. The fraction of sp³-hybridized carbons (Fsp3) is 0.385. The largest absolute Gasteiger partial charge is 0.481 e. The second kappa shape index (κ2) is 5.48. The molecule has 17 heavy (non-hydrogen) atoms. The van der Waals surface area contributed by atoms with Gasteiger partial charge in [0.1, 0.15) is 5.75 Å². The number of nitrogens with zero attached hydrogens (tertiary/aromatic N) is 1. The molecule has 4 heteroatoms. The van der Waals surface area contributed by atoms with Crippen LogP contribution in [0.4, 0.5) is 0 Å². The Hall–Kier alpha value is -1.84. The van der Waals surface area contributed by atoms with Gasteiger partial charge in [-0.3, -0.25) is 9.59 Å². The average molecular weight is 235 g/mol. The summed E-state index contributed by atoms with van der Waals surface area (Å²) < 4.78 is 5.47. The van der Waals surface area contributed by atoms with Gasteiger partial charge in [-0.25, -0.2) is 0 Å². The summed E-state index contributed by atoms with van der Waals surface area (Å²) in [5.74, 6) is 0.493. The first-order valence-electron chi connectivity index (χ1n) is 5.40. The third-order valence-corrected chi connectivity index (χ3v) is 2.36. The fourth-order valence-electron chi connectivity index (χ4n) is 1.39. The molecular weight excluding hydrogens is 218 g/mol. The number of ether oxygens (including phenoxy) is 1. The number of Topliss-reactive ketones (excluding diaryl/α,β-unsaturated/α-hetero) is 1. The van der Waals surface area contributed by atoms with E-state index in [-0.39, 0.29) is 11.7 Å². The summed E-state index contributed by atoms with van der Waals surface area (Å²) in [6.45, 7) is 3.20. The van der Waals surface area contributed by atoms with Crippen molar-refractivity contribution in [2.45, 2.75) is 20.0 Å². The zero-order valence-corrected chi connectivity index (χ0v) is 10.6. The van der Waals surface area contributed by atoms with E-state index < -0.39 is 6.10 Å². The summed E-state index contributed by atoms with van der Waals surface area (Å²) in [6, 6.07) is 6.75. The maximum atomic E-state index is 11.6. The van der Waals surface area contributed by atoms with Gasteiger partial charge in [0.15, 0.2) is 11.9 Å². The molecule has 92 valence electrons. The zero-order chi connectivity index (χ0) is 13.0. The number of rotatable bonds is 4. The van der Waals surface area contributed by atoms with Crippen molar-refractivity contribution in [1.82, 2.24) is 4.90 Å². The van der Waals surface area contributed by atoms with E-state index in [1.807, 2.05) is 0 Å². The highest BCUT2D eigenvalue weighted by Gasteiger charge is 2.16. The van der Waals surface area contributed by atoms with E-state index in [4.69, 9.17) is 4.74 Å². The Balaban J connectivity index is 2.69. The molecule has 0 aliphatic rings. The molecule has 1 aromatic carbocycles. The molecule has 0 N–H and O–H groups in total. The maximum absolute atomic E-state index is 11.6. The van der Waals surface area contributed by atoms with Gasteiger partial charge < -0.3 is 9.64 Å². The van der Waals surface area contributed by atoms with Gasteiger partial charge in [-0.05, 0) is 38.1 Å². The van der Waals surface area contributed by atoms with Crippen molar-refractivity contribution >= 4 is 11.7 Å². The minimum absolute atomic E-state index is 0.00830. The molecule has 1 atom stereocenters. The lowest BCUT2D eigenvalue weighted by atomic mass is 10.1. The molecule has 0 radical (unpaired) electrons. The Kier molecular flexibility index (Phi) is 4.26. The second-order valence-corrected chi connectivity index (χ2v) is 4.07. The number of amides is 1. The van der Waals surface area contributed by atoms with Gasteiger partial charge in [-0.2, -0.15) is 0 Å². The third-order valence-electron chi connectivity index (χ3n) is 2.36. The molecule has 1 unspecified atom stereocenters. The quantitative estimate of drug-likeness (QED) is 0.747. The Morgan fingerprint density at radius 2 is 1.71 bits per heavy atom. The van der Waals surface area contributed by atoms with E-state index in [9.17, 15) is 9.59 Å². The average Bonchev–Trinajstić information content (AvgIpc) is 2.28. The van der Waals surface area contributed by atoms with Crippen LogP contribution < -0.4 is 4.74 Å². The first kappa shape index (κ1) is 13.2. The van der Waals surface area contributed by atoms with Gasteiger partial charge in [0.05, 0.1) is 0 Å². The van der Waals surface area contributed by atoms with Gasteiger partial charge in [-0.1, -0.05) is 0 Å². The van der Waals surface area contributed by atoms with Crippen molar-refractivity contribution in [2.24, 2.45) is 0 Å². The van der Waals surface area contributed by atoms with Crippen LogP contribution in [0.1, 0.15) is 24.2 Å². The number of likely N-dealkylation sites (N-methyl/N-ethyl adjacent to an activating group) is 1. The van der Waals surface area contributed by atoms with E-state index in [0.717, 1.165) is 0 Å². The predicted octanol–water partition coefficient (Wildman–Crippen LogP) is 1.74. The molecule has 0 aliphatic carbocycles. The van der Waals surface area contributed by atoms with Crippen molar-refractivity contribution in [3.63, 3.8) is 0 Å². The van der Waals surface area contributed by atoms with Gasteiger partial charge in [0.25, 0.3) is 5.91 Å². The van der Waals surface area contributed by atoms with Gasteiger partial charge in [0, 0.05) is 19.7 Å². The summed E-state index contributed by atoms with van der Waals surface area (Å²) in [5, 5.41) is 0. The number of hydrogen-bond acceptors (Lipinski definition) is 3. The van der Waals surface area contributed by atoms with Crippen LogP contribution >= 0.6 is 0 Å². The van der Waals surface area contributed by atoms with Crippen molar-refractivity contribution < 1.29 is 14.3 Å². The molecule has 1 aromatic rings. The first-order valence-corrected chi connectivity index (χ1v) is 5.40. The maximum Gasteiger partial charge on any atom is 0.262 e. The molecule has 0 saturated heterocycles. The SMILES string of the molecule is CC(=O)c1ccc(OC(C)C(=O)N(C)C)cc1. The van der Waals surface area contributed by atoms with Gasteiger partial charge in [-0.15, -0.1) is 0 Å². The summed E-state index contributed by atoms with van der Waals surface area (Å²) >= 11 is 0. The Morgan fingerprint density at radius 1 is 1.18 bits per heavy atom. The standard InChI is InChI=1S/C13H17NO3/c1-9(15)11-5-7-12(8-6-11)17-10(2)13(16)14(3)4/h5-8,10H,1-4H3. The molecule has 0 bridgehead atoms. The molecule has 0 saturated carbocycles. The van der Waals surface area contributed by atoms with Crippen molar-refractivity contribution in [2.75, 3.05) is 14.1 Å². The van der Waals surface area contributed by atoms with E-state index in [2.05, 4.69) is 0 Å². The lowest BCUT2D eigenvalue weighted by molar-refractivity contribution is -0.135. The highest BCUT2D eigenvalue weighted by Crippen LogP contribution is 2.14. The van der Waals surface area contributed by atoms with Crippen LogP contribution in [0, 0.1) is 0 Å². The van der Waals surface area contributed by atoms with Crippen molar-refractivity contribution in [1.29, 1.82) is 0 Å². The molecule has 1 rings (SSSR count). The van der Waals surface area contributed by atoms with Crippen LogP contribution in [-0.4, -0.2) is 36.8 Å². The topological polar surface area (TPSA) is 46.6 Å². The number of hydrogen-bond donors (Lipinski definition) is 0. The first-order chi connectivity index (χ1) is 7.91. The Labute approximate surface area is 101 Å². The normalized spacial score (nSPS) is 11.8. The Morgan fingerprint density at radius 3 is 2.12 bits per heavy atom. The summed E-state index contributed by atoms with van der Waals surface area (Å²) in [6.07, 6.45) is -0.534. The van der Waals surface area contributed by atoms with Crippen LogP contribution in [-0.2, 0) is 4.79 Å². The smallest absolute Gasteiger partial charge is 0.262 e. The van der Waals surface area contributed by atoms with Gasteiger partial charge >= 0.3 is 0 Å². The molecule has 0 aromatic heterocycles. The molecule has 0 heterocycles. The van der Waals surface area contributed by atoms with Crippen LogP contribution in [0.5, 0.6) is 5.75 Å². The van der Waals surface area contributed by atoms with E-state index in [0.29, 0.717) is 11.3 Å². The number of carbonyl (C=O) groups excluding carboxylic acids is 2. The monoisotopic (exact) mass is 235 g/mol. The highest BCUT2D eigenvalue weighted by molar-refractivity contribution is 5.94. The van der Waals surface area contributed by atoms with Gasteiger partial charge in [0.2, 0.25) is 0 Å². The fourth-order valence-corrected chi connectivity index (χ4v) is 1.39. The predicted molar refractivity (Wildman–Crippen MR) is 65.2 cm³/mol.